The molecule has 0 aliphatic carbocycles. The van der Waals surface area contributed by atoms with Crippen molar-refractivity contribution in [1.82, 2.24) is 5.32 Å². The zero-order chi connectivity index (χ0) is 18.4. The molecule has 0 unspecified atom stereocenters. The van der Waals surface area contributed by atoms with Gasteiger partial charge in [0, 0.05) is 6.04 Å². The lowest BCUT2D eigenvalue weighted by Gasteiger charge is -2.18. The van der Waals surface area contributed by atoms with E-state index >= 15 is 0 Å². The summed E-state index contributed by atoms with van der Waals surface area (Å²) in [6, 6.07) is 14.4. The summed E-state index contributed by atoms with van der Waals surface area (Å²) >= 11 is 0. The van der Waals surface area contributed by atoms with Crippen LogP contribution in [-0.2, 0) is 4.79 Å². The maximum atomic E-state index is 12.5. The van der Waals surface area contributed by atoms with Gasteiger partial charge in [-0.3, -0.25) is 9.59 Å². The SMILES string of the molecule is Cc1ccccc1O[C@H](C)C(=O)Nc1ccccc1C(=O)NC(C)C. The third-order valence-electron chi connectivity index (χ3n) is 3.62. The van der Waals surface area contributed by atoms with Crippen molar-refractivity contribution in [2.24, 2.45) is 0 Å². The molecule has 132 valence electrons. The van der Waals surface area contributed by atoms with Crippen molar-refractivity contribution in [3.8, 4) is 5.75 Å². The molecule has 2 N–H and O–H groups in total. The first-order valence-electron chi connectivity index (χ1n) is 8.31. The van der Waals surface area contributed by atoms with Crippen molar-refractivity contribution in [3.05, 3.63) is 59.7 Å². The van der Waals surface area contributed by atoms with Crippen LogP contribution in [0.1, 0.15) is 36.7 Å². The second-order valence-electron chi connectivity index (χ2n) is 6.19. The van der Waals surface area contributed by atoms with E-state index in [4.69, 9.17) is 4.74 Å². The molecule has 25 heavy (non-hydrogen) atoms. The molecule has 0 heterocycles. The van der Waals surface area contributed by atoms with Gasteiger partial charge in [-0.2, -0.15) is 0 Å². The van der Waals surface area contributed by atoms with Crippen molar-refractivity contribution < 1.29 is 14.3 Å². The van der Waals surface area contributed by atoms with Crippen LogP contribution in [0.2, 0.25) is 0 Å². The van der Waals surface area contributed by atoms with Crippen LogP contribution in [0.5, 0.6) is 5.75 Å². The maximum Gasteiger partial charge on any atom is 0.265 e. The predicted molar refractivity (Wildman–Crippen MR) is 98.9 cm³/mol. The number of ether oxygens (including phenoxy) is 1. The van der Waals surface area contributed by atoms with Gasteiger partial charge in [-0.05, 0) is 51.5 Å². The van der Waals surface area contributed by atoms with Gasteiger partial charge in [-0.1, -0.05) is 30.3 Å². The molecule has 0 aromatic heterocycles. The fourth-order valence-electron chi connectivity index (χ4n) is 2.30. The van der Waals surface area contributed by atoms with Crippen molar-refractivity contribution >= 4 is 17.5 Å². The lowest BCUT2D eigenvalue weighted by molar-refractivity contribution is -0.122. The molecule has 0 spiro atoms. The minimum absolute atomic E-state index is 0.0135. The Morgan fingerprint density at radius 3 is 2.28 bits per heavy atom. The molecular weight excluding hydrogens is 316 g/mol. The van der Waals surface area contributed by atoms with Gasteiger partial charge in [-0.15, -0.1) is 0 Å². The van der Waals surface area contributed by atoms with Crippen LogP contribution >= 0.6 is 0 Å². The van der Waals surface area contributed by atoms with Crippen molar-refractivity contribution in [3.63, 3.8) is 0 Å². The van der Waals surface area contributed by atoms with E-state index in [9.17, 15) is 9.59 Å². The van der Waals surface area contributed by atoms with E-state index in [1.807, 2.05) is 45.0 Å². The summed E-state index contributed by atoms with van der Waals surface area (Å²) in [6.07, 6.45) is -0.692. The molecule has 1 atom stereocenters. The highest BCUT2D eigenvalue weighted by Gasteiger charge is 2.19. The molecule has 0 fully saturated rings. The number of nitrogens with one attached hydrogen (secondary N) is 2. The molecule has 0 radical (unpaired) electrons. The summed E-state index contributed by atoms with van der Waals surface area (Å²) in [5.74, 6) is 0.127. The van der Waals surface area contributed by atoms with Crippen LogP contribution in [-0.4, -0.2) is 24.0 Å². The zero-order valence-corrected chi connectivity index (χ0v) is 15.0. The van der Waals surface area contributed by atoms with Gasteiger partial charge in [0.15, 0.2) is 6.10 Å². The third kappa shape index (κ3) is 5.08. The van der Waals surface area contributed by atoms with Gasteiger partial charge in [0.05, 0.1) is 11.3 Å². The van der Waals surface area contributed by atoms with Crippen LogP contribution in [0, 0.1) is 6.92 Å². The Bertz CT molecular complexity index is 756. The van der Waals surface area contributed by atoms with E-state index in [1.165, 1.54) is 0 Å². The van der Waals surface area contributed by atoms with Gasteiger partial charge in [0.2, 0.25) is 0 Å². The first-order valence-corrected chi connectivity index (χ1v) is 8.31. The Morgan fingerprint density at radius 1 is 0.960 bits per heavy atom. The molecule has 2 aromatic carbocycles. The number of para-hydroxylation sites is 2. The number of hydrogen-bond acceptors (Lipinski definition) is 3. The highest BCUT2D eigenvalue weighted by atomic mass is 16.5. The molecule has 2 amide bonds. The fourth-order valence-corrected chi connectivity index (χ4v) is 2.30. The normalized spacial score (nSPS) is 11.7. The molecule has 5 nitrogen and oxygen atoms in total. The average molecular weight is 340 g/mol. The second kappa shape index (κ2) is 8.33. The van der Waals surface area contributed by atoms with Crippen molar-refractivity contribution in [1.29, 1.82) is 0 Å². The number of amides is 2. The number of carbonyl (C=O) groups is 2. The van der Waals surface area contributed by atoms with Crippen LogP contribution in [0.25, 0.3) is 0 Å². The Kier molecular flexibility index (Phi) is 6.17. The van der Waals surface area contributed by atoms with Crippen LogP contribution < -0.4 is 15.4 Å². The minimum atomic E-state index is -0.692. The van der Waals surface area contributed by atoms with Gasteiger partial charge in [0.25, 0.3) is 11.8 Å². The summed E-state index contributed by atoms with van der Waals surface area (Å²) in [5.41, 5.74) is 1.84. The topological polar surface area (TPSA) is 67.4 Å². The Hall–Kier alpha value is -2.82. The molecule has 0 saturated carbocycles. The summed E-state index contributed by atoms with van der Waals surface area (Å²) in [6.45, 7) is 7.37. The number of anilines is 1. The van der Waals surface area contributed by atoms with Crippen LogP contribution in [0.4, 0.5) is 5.69 Å². The highest BCUT2D eigenvalue weighted by molar-refractivity contribution is 6.04. The number of aryl methyl sites for hydroxylation is 1. The third-order valence-corrected chi connectivity index (χ3v) is 3.62. The second-order valence-corrected chi connectivity index (χ2v) is 6.19. The standard InChI is InChI=1S/C20H24N2O3/c1-13(2)21-20(24)16-10-6-7-11-17(16)22-19(23)15(4)25-18-12-8-5-9-14(18)3/h5-13,15H,1-4H3,(H,21,24)(H,22,23)/t15-/m1/s1. The van der Waals surface area contributed by atoms with E-state index in [1.54, 1.807) is 31.2 Å². The zero-order valence-electron chi connectivity index (χ0n) is 15.0. The molecule has 0 saturated heterocycles. The quantitative estimate of drug-likeness (QED) is 0.845. The number of rotatable bonds is 6. The molecule has 5 heteroatoms. The number of hydrogen-bond donors (Lipinski definition) is 2. The molecule has 2 aromatic rings. The van der Waals surface area contributed by atoms with E-state index < -0.39 is 6.10 Å². The number of carbonyl (C=O) groups excluding carboxylic acids is 2. The van der Waals surface area contributed by atoms with Gasteiger partial charge in [0.1, 0.15) is 5.75 Å². The largest absolute Gasteiger partial charge is 0.481 e. The van der Waals surface area contributed by atoms with E-state index in [-0.39, 0.29) is 17.9 Å². The predicted octanol–water partition coefficient (Wildman–Crippen LogP) is 3.54. The summed E-state index contributed by atoms with van der Waals surface area (Å²) in [4.78, 5) is 24.7. The smallest absolute Gasteiger partial charge is 0.265 e. The van der Waals surface area contributed by atoms with Gasteiger partial charge >= 0.3 is 0 Å². The molecule has 0 aliphatic rings. The molecule has 0 aliphatic heterocycles. The summed E-state index contributed by atoms with van der Waals surface area (Å²) in [7, 11) is 0. The summed E-state index contributed by atoms with van der Waals surface area (Å²) < 4.78 is 5.73. The Labute approximate surface area is 148 Å². The molecule has 0 bridgehead atoms. The fraction of sp³-hybridized carbons (Fsp3) is 0.300. The van der Waals surface area contributed by atoms with Crippen LogP contribution in [0.15, 0.2) is 48.5 Å². The van der Waals surface area contributed by atoms with Gasteiger partial charge in [-0.25, -0.2) is 0 Å². The Balaban J connectivity index is 2.10. The van der Waals surface area contributed by atoms with E-state index in [2.05, 4.69) is 10.6 Å². The molecule has 2 rings (SSSR count). The lowest BCUT2D eigenvalue weighted by Crippen LogP contribution is -2.33. The van der Waals surface area contributed by atoms with Crippen molar-refractivity contribution in [2.45, 2.75) is 39.8 Å². The van der Waals surface area contributed by atoms with E-state index in [0.717, 1.165) is 5.56 Å². The van der Waals surface area contributed by atoms with Crippen molar-refractivity contribution in [2.75, 3.05) is 5.32 Å². The van der Waals surface area contributed by atoms with Crippen LogP contribution in [0.3, 0.4) is 0 Å². The van der Waals surface area contributed by atoms with Gasteiger partial charge < -0.3 is 15.4 Å². The minimum Gasteiger partial charge on any atom is -0.481 e. The van der Waals surface area contributed by atoms with E-state index in [0.29, 0.717) is 17.0 Å². The monoisotopic (exact) mass is 340 g/mol. The highest BCUT2D eigenvalue weighted by Crippen LogP contribution is 2.19. The lowest BCUT2D eigenvalue weighted by atomic mass is 10.1. The molecular formula is C20H24N2O3. The summed E-state index contributed by atoms with van der Waals surface area (Å²) in [5, 5.41) is 5.61. The number of benzene rings is 2. The Morgan fingerprint density at radius 2 is 1.60 bits per heavy atom. The first-order chi connectivity index (χ1) is 11.9. The first kappa shape index (κ1) is 18.5. The average Bonchev–Trinajstić information content (AvgIpc) is 2.56. The maximum absolute atomic E-state index is 12.5.